The average molecular weight is 571 g/mol. The molecule has 3 rings (SSSR count). The molecule has 41 heavy (non-hydrogen) atoms. The van der Waals surface area contributed by atoms with Crippen molar-refractivity contribution < 1.29 is 43.7 Å². The normalized spacial score (nSPS) is 13.3. The monoisotopic (exact) mass is 570 g/mol. The van der Waals surface area contributed by atoms with Crippen LogP contribution in [0.15, 0.2) is 34.9 Å². The maximum Gasteiger partial charge on any atom is 0.320 e. The first kappa shape index (κ1) is 30.5. The zero-order chi connectivity index (χ0) is 30.3. The van der Waals surface area contributed by atoms with Crippen LogP contribution >= 0.6 is 0 Å². The number of rotatable bonds is 15. The van der Waals surface area contributed by atoms with Crippen molar-refractivity contribution in [3.8, 4) is 0 Å². The summed E-state index contributed by atoms with van der Waals surface area (Å²) in [5.41, 5.74) is 19.1. The number of nitrogen functional groups attached to an aromatic ring is 2. The summed E-state index contributed by atoms with van der Waals surface area (Å²) in [5, 5.41) is 30.5. The van der Waals surface area contributed by atoms with Crippen LogP contribution in [0.5, 0.6) is 0 Å². The average Bonchev–Trinajstić information content (AvgIpc) is 3.31. The van der Waals surface area contributed by atoms with Gasteiger partial charge in [0.1, 0.15) is 17.8 Å². The van der Waals surface area contributed by atoms with Gasteiger partial charge in [-0.25, -0.2) is 0 Å². The van der Waals surface area contributed by atoms with Gasteiger partial charge < -0.3 is 42.3 Å². The first-order valence-corrected chi connectivity index (χ1v) is 12.5. The van der Waals surface area contributed by atoms with Crippen LogP contribution in [-0.2, 0) is 32.0 Å². The highest BCUT2D eigenvalue weighted by atomic mass is 16.4. The van der Waals surface area contributed by atoms with E-state index in [0.717, 1.165) is 11.1 Å². The van der Waals surface area contributed by atoms with Crippen LogP contribution in [0.25, 0.3) is 11.1 Å². The molecule has 0 aliphatic heterocycles. The molecule has 0 radical (unpaired) electrons. The summed E-state index contributed by atoms with van der Waals surface area (Å²) >= 11 is 0. The number of carboxylic acids is 3. The van der Waals surface area contributed by atoms with Crippen LogP contribution in [-0.4, -0.2) is 67.0 Å². The Morgan fingerprint density at radius 1 is 0.951 bits per heavy atom. The molecule has 0 spiro atoms. The predicted molar refractivity (Wildman–Crippen MR) is 144 cm³/mol. The number of aromatic nitrogens is 2. The summed E-state index contributed by atoms with van der Waals surface area (Å²) in [7, 11) is 0. The second-order valence-corrected chi connectivity index (χ2v) is 9.39. The van der Waals surface area contributed by atoms with Crippen molar-refractivity contribution in [1.29, 1.82) is 0 Å². The number of nitrogens with zero attached hydrogens (tertiary/aromatic N) is 2. The Morgan fingerprint density at radius 2 is 1.63 bits per heavy atom. The molecular formula is C26H30N6O9. The molecule has 2 heterocycles. The smallest absolute Gasteiger partial charge is 0.320 e. The van der Waals surface area contributed by atoms with Crippen molar-refractivity contribution in [2.24, 2.45) is 11.7 Å². The standard InChI is InChI=1S/C26H30N6O9/c27-16(25(39)40)10-15(24(37)38)20(35)17(8-9-18(33)34)30-22(36)13-6-4-12(5-7-13)2-1-3-14-11-41-23-19(14)21(28)31-26(29)32-23/h4-7,11,15-17H,1-3,8-10,27H2,(H,30,36)(H,33,34)(H,37,38)(H,39,40)(H4,28,29,31,32)/t15?,16-,17-/m0/s1. The number of fused-ring (bicyclic) bond motifs is 1. The van der Waals surface area contributed by atoms with Crippen molar-refractivity contribution >= 4 is 52.5 Å². The number of amides is 1. The number of carbonyl (C=O) groups is 5. The number of furan rings is 1. The van der Waals surface area contributed by atoms with Gasteiger partial charge in [-0.15, -0.1) is 0 Å². The highest BCUT2D eigenvalue weighted by Gasteiger charge is 2.36. The van der Waals surface area contributed by atoms with E-state index in [4.69, 9.17) is 31.8 Å². The van der Waals surface area contributed by atoms with Crippen LogP contribution in [0.1, 0.15) is 47.2 Å². The first-order valence-electron chi connectivity index (χ1n) is 12.5. The highest BCUT2D eigenvalue weighted by molar-refractivity contribution is 6.04. The summed E-state index contributed by atoms with van der Waals surface area (Å²) in [6.45, 7) is 0. The van der Waals surface area contributed by atoms with Crippen LogP contribution in [0, 0.1) is 5.92 Å². The summed E-state index contributed by atoms with van der Waals surface area (Å²) in [4.78, 5) is 67.6. The van der Waals surface area contributed by atoms with E-state index in [-0.39, 0.29) is 17.3 Å². The maximum absolute atomic E-state index is 12.9. The molecule has 1 unspecified atom stereocenters. The molecule has 3 atom stereocenters. The number of nitrogens with two attached hydrogens (primary N) is 3. The van der Waals surface area contributed by atoms with Crippen molar-refractivity contribution in [3.63, 3.8) is 0 Å². The predicted octanol–water partition coefficient (Wildman–Crippen LogP) is 0.598. The van der Waals surface area contributed by atoms with Crippen molar-refractivity contribution in [2.45, 2.75) is 50.6 Å². The number of aliphatic carboxylic acids is 3. The Morgan fingerprint density at radius 3 is 2.24 bits per heavy atom. The molecule has 2 aromatic heterocycles. The van der Waals surface area contributed by atoms with Gasteiger partial charge in [0.2, 0.25) is 11.7 Å². The number of aryl methyl sites for hydroxylation is 2. The van der Waals surface area contributed by atoms with E-state index in [2.05, 4.69) is 15.3 Å². The molecule has 15 heteroatoms. The molecule has 0 saturated heterocycles. The zero-order valence-electron chi connectivity index (χ0n) is 21.8. The van der Waals surface area contributed by atoms with E-state index in [0.29, 0.717) is 30.4 Å². The Bertz CT molecular complexity index is 1450. The van der Waals surface area contributed by atoms with Gasteiger partial charge in [0.25, 0.3) is 5.91 Å². The minimum atomic E-state index is -1.85. The molecule has 218 valence electrons. The maximum atomic E-state index is 12.9. The number of carboxylic acid groups (broad SMARTS) is 3. The van der Waals surface area contributed by atoms with E-state index in [1.807, 2.05) is 0 Å². The van der Waals surface area contributed by atoms with E-state index in [1.54, 1.807) is 18.4 Å². The molecule has 1 aromatic carbocycles. The fourth-order valence-corrected chi connectivity index (χ4v) is 4.27. The number of Topliss-reactive ketones (excluding diaryl/α,β-unsaturated/α-hetero) is 1. The number of anilines is 2. The van der Waals surface area contributed by atoms with Gasteiger partial charge in [0.05, 0.1) is 17.7 Å². The Kier molecular flexibility index (Phi) is 9.92. The molecule has 0 bridgehead atoms. The van der Waals surface area contributed by atoms with Crippen LogP contribution in [0.2, 0.25) is 0 Å². The third-order valence-electron chi connectivity index (χ3n) is 6.43. The SMILES string of the molecule is Nc1nc(N)c2c(CCCc3ccc(C(=O)N[C@@H](CCC(=O)O)C(=O)C(C[C@H](N)C(=O)O)C(=O)O)cc3)coc2n1. The van der Waals surface area contributed by atoms with Crippen LogP contribution < -0.4 is 22.5 Å². The lowest BCUT2D eigenvalue weighted by Gasteiger charge is -2.22. The molecule has 15 nitrogen and oxygen atoms in total. The molecule has 3 aromatic rings. The lowest BCUT2D eigenvalue weighted by Crippen LogP contribution is -2.47. The van der Waals surface area contributed by atoms with Crippen LogP contribution in [0.3, 0.4) is 0 Å². The number of nitrogens with one attached hydrogen (secondary N) is 1. The largest absolute Gasteiger partial charge is 0.481 e. The number of benzene rings is 1. The Balaban J connectivity index is 1.65. The Labute approximate surface area is 232 Å². The number of carbonyl (C=O) groups excluding carboxylic acids is 2. The van der Waals surface area contributed by atoms with Gasteiger partial charge in [0.15, 0.2) is 5.78 Å². The van der Waals surface area contributed by atoms with Gasteiger partial charge in [-0.05, 0) is 49.8 Å². The lowest BCUT2D eigenvalue weighted by atomic mass is 9.89. The van der Waals surface area contributed by atoms with E-state index in [9.17, 15) is 29.1 Å². The summed E-state index contributed by atoms with van der Waals surface area (Å²) in [6, 6.07) is 3.32. The quantitative estimate of drug-likeness (QED) is 0.123. The molecule has 0 aliphatic rings. The van der Waals surface area contributed by atoms with Gasteiger partial charge in [0, 0.05) is 17.5 Å². The third kappa shape index (κ3) is 7.98. The van der Waals surface area contributed by atoms with Gasteiger partial charge in [-0.1, -0.05) is 12.1 Å². The van der Waals surface area contributed by atoms with Crippen molar-refractivity contribution in [2.75, 3.05) is 11.5 Å². The lowest BCUT2D eigenvalue weighted by molar-refractivity contribution is -0.148. The molecule has 10 N–H and O–H groups in total. The molecular weight excluding hydrogens is 540 g/mol. The minimum Gasteiger partial charge on any atom is -0.481 e. The number of ketones is 1. The highest BCUT2D eigenvalue weighted by Crippen LogP contribution is 2.26. The number of hydrogen-bond donors (Lipinski definition) is 7. The van der Waals surface area contributed by atoms with E-state index >= 15 is 0 Å². The molecule has 1 amide bonds. The topological polar surface area (TPSA) is 275 Å². The fraction of sp³-hybridized carbons (Fsp3) is 0.346. The summed E-state index contributed by atoms with van der Waals surface area (Å²) in [5.74, 6) is -7.78. The first-order chi connectivity index (χ1) is 19.4. The van der Waals surface area contributed by atoms with E-state index < -0.39 is 66.9 Å². The zero-order valence-corrected chi connectivity index (χ0v) is 21.8. The van der Waals surface area contributed by atoms with E-state index in [1.165, 1.54) is 12.1 Å². The number of hydrogen-bond acceptors (Lipinski definition) is 11. The molecule has 0 saturated carbocycles. The second-order valence-electron chi connectivity index (χ2n) is 9.39. The van der Waals surface area contributed by atoms with Crippen LogP contribution in [0.4, 0.5) is 11.8 Å². The molecule has 0 fully saturated rings. The van der Waals surface area contributed by atoms with Gasteiger partial charge in [-0.3, -0.25) is 24.0 Å². The fourth-order valence-electron chi connectivity index (χ4n) is 4.27. The molecule has 0 aliphatic carbocycles. The van der Waals surface area contributed by atoms with Crippen molar-refractivity contribution in [3.05, 3.63) is 47.2 Å². The third-order valence-corrected chi connectivity index (χ3v) is 6.43. The van der Waals surface area contributed by atoms with Gasteiger partial charge in [-0.2, -0.15) is 9.97 Å². The summed E-state index contributed by atoms with van der Waals surface area (Å²) in [6.07, 6.45) is 1.84. The Hall–Kier alpha value is -5.05. The van der Waals surface area contributed by atoms with Crippen molar-refractivity contribution in [1.82, 2.24) is 15.3 Å². The summed E-state index contributed by atoms with van der Waals surface area (Å²) < 4.78 is 5.41. The minimum absolute atomic E-state index is 0.0155. The van der Waals surface area contributed by atoms with Gasteiger partial charge >= 0.3 is 17.9 Å². The second kappa shape index (κ2) is 13.3.